The van der Waals surface area contributed by atoms with Crippen LogP contribution in [0, 0.1) is 13.8 Å². The van der Waals surface area contributed by atoms with Gasteiger partial charge in [-0.3, -0.25) is 28.8 Å². The largest absolute Gasteiger partial charge is 0.507 e. The lowest BCUT2D eigenvalue weighted by Crippen LogP contribution is -2.28. The third-order valence-corrected chi connectivity index (χ3v) is 12.9. The smallest absolute Gasteiger partial charge is 0.308 e. The molecule has 62 heavy (non-hydrogen) atoms. The van der Waals surface area contributed by atoms with E-state index in [2.05, 4.69) is 10.6 Å². The van der Waals surface area contributed by atoms with E-state index in [1.165, 1.54) is 27.7 Å². The average molecular weight is 839 g/mol. The molecule has 0 spiro atoms. The molecule has 2 heterocycles. The number of hydrogen-bond acceptors (Lipinski definition) is 14. The molecule has 2 fully saturated rings. The third kappa shape index (κ3) is 5.35. The summed E-state index contributed by atoms with van der Waals surface area (Å²) in [5.74, 6) is -4.19. The SMILES string of the molecule is CC(=O)Oc1cc(C)c2c3c(C)cc(OC(C)=O)c4c(=O)c5c(OC(C)=O)c(C6CCCCN6)c(O)c6c7c(O)c(C8CCCCN8)c(OC(C)=O)c8c(=O)c1c2c(c87)c(c43)c56. The Morgan fingerprint density at radius 2 is 0.823 bits per heavy atom. The van der Waals surface area contributed by atoms with Gasteiger partial charge >= 0.3 is 23.9 Å². The monoisotopic (exact) mass is 838 g/mol. The second-order valence-electron chi connectivity index (χ2n) is 16.9. The van der Waals surface area contributed by atoms with Crippen LogP contribution in [-0.2, 0) is 19.2 Å². The van der Waals surface area contributed by atoms with Gasteiger partial charge in [0.15, 0.2) is 11.5 Å². The second-order valence-corrected chi connectivity index (χ2v) is 16.9. The fraction of sp³-hybridized carbons (Fsp3) is 0.333. The van der Waals surface area contributed by atoms with Crippen LogP contribution in [-0.4, -0.2) is 47.2 Å². The molecule has 0 amide bonds. The van der Waals surface area contributed by atoms with Gasteiger partial charge in [-0.05, 0) is 86.7 Å². The van der Waals surface area contributed by atoms with E-state index in [1.54, 1.807) is 26.0 Å². The predicted molar refractivity (Wildman–Crippen MR) is 233 cm³/mol. The molecule has 0 bridgehead atoms. The first-order valence-corrected chi connectivity index (χ1v) is 20.9. The Morgan fingerprint density at radius 3 is 1.15 bits per heavy atom. The Kier molecular flexibility index (Phi) is 8.88. The summed E-state index contributed by atoms with van der Waals surface area (Å²) in [4.78, 5) is 83.4. The number of phenols is 2. The summed E-state index contributed by atoms with van der Waals surface area (Å²) < 4.78 is 23.7. The van der Waals surface area contributed by atoms with E-state index in [0.29, 0.717) is 69.4 Å². The van der Waals surface area contributed by atoms with Crippen molar-refractivity contribution in [1.82, 2.24) is 10.6 Å². The molecule has 0 radical (unpaired) electrons. The van der Waals surface area contributed by atoms with Gasteiger partial charge in [0.1, 0.15) is 23.0 Å². The number of esters is 4. The highest BCUT2D eigenvalue weighted by molar-refractivity contribution is 6.51. The van der Waals surface area contributed by atoms with Gasteiger partial charge in [-0.15, -0.1) is 0 Å². The quantitative estimate of drug-likeness (QED) is 0.0552. The molecule has 2 aliphatic rings. The first-order valence-electron chi connectivity index (χ1n) is 20.9. The van der Waals surface area contributed by atoms with Crippen LogP contribution < -0.4 is 40.4 Å². The van der Waals surface area contributed by atoms with Crippen LogP contribution in [0.4, 0.5) is 0 Å². The predicted octanol–water partition coefficient (Wildman–Crippen LogP) is 7.59. The zero-order valence-electron chi connectivity index (χ0n) is 34.9. The third-order valence-electron chi connectivity index (χ3n) is 12.9. The molecule has 2 atom stereocenters. The summed E-state index contributed by atoms with van der Waals surface area (Å²) in [6.45, 7) is 9.48. The topological polar surface area (TPSA) is 204 Å². The average Bonchev–Trinajstić information content (AvgIpc) is 3.20. The van der Waals surface area contributed by atoms with Crippen LogP contribution in [0.2, 0.25) is 0 Å². The van der Waals surface area contributed by atoms with E-state index >= 15 is 9.59 Å². The summed E-state index contributed by atoms with van der Waals surface area (Å²) in [6.07, 6.45) is 4.11. The molecule has 4 N–H and O–H groups in total. The molecule has 0 aromatic heterocycles. The molecule has 0 saturated carbocycles. The first-order chi connectivity index (χ1) is 29.6. The summed E-state index contributed by atoms with van der Waals surface area (Å²) in [7, 11) is 0. The van der Waals surface area contributed by atoms with Crippen LogP contribution in [0.3, 0.4) is 0 Å². The standard InChI is InChI=1S/C48H42N2O12/c1-17-15-25(59-19(3)51)31-33-27(17)28-18(2)16-26(60-20(4)52)32-34(28)36-35(33)37-39(43(55)29(23-11-7-9-13-49-23)47(61-21(5)53)41(37)45(31)57)40-38(36)42(46(32)58)48(62-22(6)54)30(44(40)56)24-12-8-10-14-50-24/h15-16,23-24,49-50,55-56H,7-14H2,1-6H3. The van der Waals surface area contributed by atoms with Crippen LogP contribution in [0.15, 0.2) is 21.7 Å². The van der Waals surface area contributed by atoms with Gasteiger partial charge < -0.3 is 39.8 Å². The number of fused-ring (bicyclic) bond motifs is 2. The van der Waals surface area contributed by atoms with Crippen molar-refractivity contribution in [3.63, 3.8) is 0 Å². The Hall–Kier alpha value is -6.64. The minimum absolute atomic E-state index is 0.0188. The highest BCUT2D eigenvalue weighted by Gasteiger charge is 2.39. The lowest BCUT2D eigenvalue weighted by molar-refractivity contribution is -0.132. The fourth-order valence-electron chi connectivity index (χ4n) is 10.9. The Balaban J connectivity index is 1.65. The maximum Gasteiger partial charge on any atom is 0.308 e. The van der Waals surface area contributed by atoms with Crippen molar-refractivity contribution < 1.29 is 48.3 Å². The van der Waals surface area contributed by atoms with E-state index in [-0.39, 0.29) is 88.7 Å². The number of nitrogens with one attached hydrogen (secondary N) is 2. The van der Waals surface area contributed by atoms with Crippen molar-refractivity contribution in [3.05, 3.63) is 54.8 Å². The van der Waals surface area contributed by atoms with Crippen molar-refractivity contribution >= 4 is 99.3 Å². The summed E-state index contributed by atoms with van der Waals surface area (Å²) in [5.41, 5.74) is 0.0204. The number of benzene rings is 8. The Labute approximate surface area is 352 Å². The minimum Gasteiger partial charge on any atom is -0.507 e. The number of carbonyl (C=O) groups is 4. The molecule has 316 valence electrons. The minimum atomic E-state index is -0.766. The molecular weight excluding hydrogens is 797 g/mol. The lowest BCUT2D eigenvalue weighted by atomic mass is 9.76. The molecule has 2 aliphatic heterocycles. The Morgan fingerprint density at radius 1 is 0.484 bits per heavy atom. The zero-order valence-corrected chi connectivity index (χ0v) is 34.9. The maximum absolute atomic E-state index is 15.7. The van der Waals surface area contributed by atoms with Crippen molar-refractivity contribution in [2.75, 3.05) is 13.1 Å². The van der Waals surface area contributed by atoms with Gasteiger partial charge in [0.2, 0.25) is 10.9 Å². The van der Waals surface area contributed by atoms with Crippen LogP contribution in [0.5, 0.6) is 34.5 Å². The number of carbonyl (C=O) groups excluding carboxylic acids is 4. The van der Waals surface area contributed by atoms with E-state index in [9.17, 15) is 29.4 Å². The van der Waals surface area contributed by atoms with Crippen molar-refractivity contribution in [2.45, 2.75) is 92.2 Å². The van der Waals surface area contributed by atoms with Crippen LogP contribution in [0.25, 0.3) is 75.4 Å². The van der Waals surface area contributed by atoms with Gasteiger partial charge in [-0.1, -0.05) is 12.8 Å². The van der Waals surface area contributed by atoms with E-state index in [1.807, 2.05) is 0 Å². The summed E-state index contributed by atoms with van der Waals surface area (Å²) in [5, 5.41) is 35.2. The van der Waals surface area contributed by atoms with Crippen molar-refractivity contribution in [2.24, 2.45) is 0 Å². The van der Waals surface area contributed by atoms with Crippen molar-refractivity contribution in [1.29, 1.82) is 0 Å². The van der Waals surface area contributed by atoms with Crippen LogP contribution in [0.1, 0.15) is 101 Å². The van der Waals surface area contributed by atoms with E-state index in [4.69, 9.17) is 18.9 Å². The van der Waals surface area contributed by atoms with Gasteiger partial charge in [-0.2, -0.15) is 0 Å². The second kappa shape index (κ2) is 13.9. The van der Waals surface area contributed by atoms with Crippen LogP contribution >= 0.6 is 0 Å². The molecular formula is C48H42N2O12. The molecule has 8 aromatic carbocycles. The first kappa shape index (κ1) is 39.5. The number of hydrogen-bond donors (Lipinski definition) is 4. The molecule has 0 aliphatic carbocycles. The zero-order chi connectivity index (χ0) is 43.8. The summed E-state index contributed by atoms with van der Waals surface area (Å²) in [6, 6.07) is 1.90. The number of aryl methyl sites for hydroxylation is 2. The van der Waals surface area contributed by atoms with E-state index < -0.39 is 46.8 Å². The number of rotatable bonds is 6. The molecule has 14 nitrogen and oxygen atoms in total. The lowest BCUT2D eigenvalue weighted by Gasteiger charge is -2.31. The number of ether oxygens (including phenoxy) is 4. The van der Waals surface area contributed by atoms with Gasteiger partial charge in [0, 0.05) is 82.9 Å². The molecule has 2 unspecified atom stereocenters. The molecule has 10 rings (SSSR count). The number of aromatic hydroxyl groups is 2. The summed E-state index contributed by atoms with van der Waals surface area (Å²) >= 11 is 0. The Bertz CT molecular complexity index is 3190. The normalized spacial score (nSPS) is 17.4. The van der Waals surface area contributed by atoms with Crippen molar-refractivity contribution in [3.8, 4) is 34.5 Å². The maximum atomic E-state index is 15.7. The number of phenolic OH excluding ortho intramolecular Hbond substituents is 2. The number of piperidine rings is 2. The van der Waals surface area contributed by atoms with Gasteiger partial charge in [0.25, 0.3) is 0 Å². The van der Waals surface area contributed by atoms with Gasteiger partial charge in [-0.25, -0.2) is 0 Å². The highest BCUT2D eigenvalue weighted by atomic mass is 16.5. The molecule has 8 aromatic rings. The molecule has 14 heteroatoms. The van der Waals surface area contributed by atoms with Gasteiger partial charge in [0.05, 0.1) is 32.7 Å². The van der Waals surface area contributed by atoms with E-state index in [0.717, 1.165) is 25.7 Å². The highest BCUT2D eigenvalue weighted by Crippen LogP contribution is 2.60. The fourth-order valence-corrected chi connectivity index (χ4v) is 10.9. The molecule has 2 saturated heterocycles.